The smallest absolute Gasteiger partial charge is 0.337 e. The number of carbonyl (C=O) groups is 3. The van der Waals surface area contributed by atoms with Crippen LogP contribution in [0.4, 0.5) is 5.00 Å². The lowest BCUT2D eigenvalue weighted by molar-refractivity contribution is -0.120. The third-order valence-corrected chi connectivity index (χ3v) is 5.43. The van der Waals surface area contributed by atoms with Gasteiger partial charge >= 0.3 is 5.97 Å². The summed E-state index contributed by atoms with van der Waals surface area (Å²) in [6.45, 7) is -0.308. The first-order valence-corrected chi connectivity index (χ1v) is 9.39. The van der Waals surface area contributed by atoms with Crippen LogP contribution in [-0.2, 0) is 27.2 Å². The van der Waals surface area contributed by atoms with Gasteiger partial charge < -0.3 is 20.6 Å². The number of nitrogens with zero attached hydrogens (tertiary/aromatic N) is 1. The number of fused-ring (bicyclic) bond motifs is 1. The molecule has 146 valence electrons. The lowest BCUT2D eigenvalue weighted by Crippen LogP contribution is -2.20. The Hall–Kier alpha value is -3.20. The molecule has 0 saturated heterocycles. The largest absolute Gasteiger partial charge is 0.465 e. The summed E-state index contributed by atoms with van der Waals surface area (Å²) in [5, 5.41) is 6.88. The van der Waals surface area contributed by atoms with Gasteiger partial charge in [-0.25, -0.2) is 4.79 Å². The number of primary amides is 1. The second-order valence-electron chi connectivity index (χ2n) is 6.10. The molecule has 8 nitrogen and oxygen atoms in total. The van der Waals surface area contributed by atoms with E-state index in [4.69, 9.17) is 10.6 Å². The molecule has 2 amide bonds. The zero-order valence-electron chi connectivity index (χ0n) is 15.2. The number of methoxy groups -OCH3 is 1. The van der Waals surface area contributed by atoms with Crippen molar-refractivity contribution in [3.05, 3.63) is 51.4 Å². The number of benzene rings is 1. The van der Waals surface area contributed by atoms with Crippen molar-refractivity contribution in [1.82, 2.24) is 0 Å². The average molecular weight is 401 g/mol. The summed E-state index contributed by atoms with van der Waals surface area (Å²) >= 11 is 1.38. The maximum Gasteiger partial charge on any atom is 0.337 e. The highest BCUT2D eigenvalue weighted by Crippen LogP contribution is 2.38. The van der Waals surface area contributed by atoms with Gasteiger partial charge in [0.05, 0.1) is 24.5 Å². The number of anilines is 1. The number of ether oxygens (including phenoxy) is 1. The topological polar surface area (TPSA) is 120 Å². The highest BCUT2D eigenvalue weighted by atomic mass is 32.1. The predicted octanol–water partition coefficient (Wildman–Crippen LogP) is 2.11. The Morgan fingerprint density at radius 2 is 2.00 bits per heavy atom. The van der Waals surface area contributed by atoms with Crippen molar-refractivity contribution in [2.75, 3.05) is 19.0 Å². The van der Waals surface area contributed by atoms with Gasteiger partial charge in [-0.3, -0.25) is 9.59 Å². The molecule has 0 atom stereocenters. The van der Waals surface area contributed by atoms with Gasteiger partial charge in [0.15, 0.2) is 6.61 Å². The fourth-order valence-corrected chi connectivity index (χ4v) is 4.24. The van der Waals surface area contributed by atoms with E-state index in [1.165, 1.54) is 24.7 Å². The van der Waals surface area contributed by atoms with Crippen LogP contribution in [0.5, 0.6) is 0 Å². The molecule has 1 aromatic heterocycles. The van der Waals surface area contributed by atoms with E-state index in [1.807, 2.05) is 0 Å². The first kappa shape index (κ1) is 19.6. The number of rotatable bonds is 7. The maximum absolute atomic E-state index is 12.1. The SMILES string of the molecule is COC(=O)c1ccc(/C=N/OCC(=O)Nc2sc3c(c2C(N)=O)CCC3)cc1. The molecule has 0 spiro atoms. The number of hydrogen-bond acceptors (Lipinski definition) is 7. The van der Waals surface area contributed by atoms with E-state index in [1.54, 1.807) is 24.3 Å². The normalized spacial score (nSPS) is 12.6. The number of aryl methyl sites for hydroxylation is 1. The molecule has 28 heavy (non-hydrogen) atoms. The lowest BCUT2D eigenvalue weighted by atomic mass is 10.1. The lowest BCUT2D eigenvalue weighted by Gasteiger charge is -2.05. The molecule has 3 N–H and O–H groups in total. The zero-order chi connectivity index (χ0) is 20.1. The number of hydrogen-bond donors (Lipinski definition) is 2. The van der Waals surface area contributed by atoms with Crippen LogP contribution in [-0.4, -0.2) is 37.7 Å². The summed E-state index contributed by atoms with van der Waals surface area (Å²) in [6.07, 6.45) is 4.11. The summed E-state index contributed by atoms with van der Waals surface area (Å²) in [7, 11) is 1.31. The van der Waals surface area contributed by atoms with Gasteiger partial charge in [0.2, 0.25) is 0 Å². The van der Waals surface area contributed by atoms with Crippen molar-refractivity contribution >= 4 is 40.3 Å². The van der Waals surface area contributed by atoms with Crippen LogP contribution in [0.25, 0.3) is 0 Å². The number of nitrogens with one attached hydrogen (secondary N) is 1. The molecule has 9 heteroatoms. The molecule has 0 saturated carbocycles. The van der Waals surface area contributed by atoms with Crippen LogP contribution in [0.2, 0.25) is 0 Å². The van der Waals surface area contributed by atoms with Crippen LogP contribution < -0.4 is 11.1 Å². The minimum Gasteiger partial charge on any atom is -0.465 e. The molecule has 1 aromatic carbocycles. The van der Waals surface area contributed by atoms with E-state index in [2.05, 4.69) is 15.2 Å². The minimum absolute atomic E-state index is 0.308. The Kier molecular flexibility index (Phi) is 6.05. The molecule has 0 aliphatic heterocycles. The first-order valence-electron chi connectivity index (χ1n) is 8.57. The quantitative estimate of drug-likeness (QED) is 0.418. The predicted molar refractivity (Wildman–Crippen MR) is 105 cm³/mol. The third-order valence-electron chi connectivity index (χ3n) is 4.22. The van der Waals surface area contributed by atoms with Gasteiger partial charge in [-0.1, -0.05) is 17.3 Å². The van der Waals surface area contributed by atoms with Crippen LogP contribution in [0, 0.1) is 0 Å². The standard InChI is InChI=1S/C19H19N3O5S/c1-26-19(25)12-7-5-11(6-8-12)9-21-27-10-15(23)22-18-16(17(20)24)13-3-2-4-14(13)28-18/h5-9H,2-4,10H2,1H3,(H2,20,24)(H,22,23)/b21-9+. The number of nitrogens with two attached hydrogens (primary N) is 1. The number of amides is 2. The molecule has 1 aliphatic rings. The van der Waals surface area contributed by atoms with Crippen LogP contribution in [0.1, 0.15) is 43.1 Å². The summed E-state index contributed by atoms with van der Waals surface area (Å²) in [5.41, 5.74) is 7.93. The highest BCUT2D eigenvalue weighted by molar-refractivity contribution is 7.17. The monoisotopic (exact) mass is 401 g/mol. The Balaban J connectivity index is 1.53. The van der Waals surface area contributed by atoms with Gasteiger partial charge in [-0.15, -0.1) is 11.3 Å². The van der Waals surface area contributed by atoms with Crippen LogP contribution in [0.15, 0.2) is 29.4 Å². The summed E-state index contributed by atoms with van der Waals surface area (Å²) in [5.74, 6) is -1.39. The van der Waals surface area contributed by atoms with Crippen LogP contribution in [0.3, 0.4) is 0 Å². The average Bonchev–Trinajstić information content (AvgIpc) is 3.25. The third kappa shape index (κ3) is 4.37. The van der Waals surface area contributed by atoms with E-state index in [0.717, 1.165) is 29.7 Å². The second kappa shape index (κ2) is 8.66. The van der Waals surface area contributed by atoms with E-state index < -0.39 is 17.8 Å². The Morgan fingerprint density at radius 3 is 2.68 bits per heavy atom. The summed E-state index contributed by atoms with van der Waals surface area (Å²) < 4.78 is 4.62. The summed E-state index contributed by atoms with van der Waals surface area (Å²) in [4.78, 5) is 41.3. The second-order valence-corrected chi connectivity index (χ2v) is 7.20. The van der Waals surface area contributed by atoms with E-state index in [0.29, 0.717) is 21.7 Å². The van der Waals surface area contributed by atoms with Crippen molar-refractivity contribution in [2.45, 2.75) is 19.3 Å². The number of thiophene rings is 1. The van der Waals surface area contributed by atoms with E-state index >= 15 is 0 Å². The minimum atomic E-state index is -0.538. The number of esters is 1. The molecule has 0 fully saturated rings. The molecular weight excluding hydrogens is 382 g/mol. The Labute approximate surface area is 165 Å². The molecule has 1 aliphatic carbocycles. The van der Waals surface area contributed by atoms with Gasteiger partial charge in [-0.05, 0) is 42.5 Å². The Bertz CT molecular complexity index is 934. The molecule has 0 radical (unpaired) electrons. The zero-order valence-corrected chi connectivity index (χ0v) is 16.0. The summed E-state index contributed by atoms with van der Waals surface area (Å²) in [6, 6.07) is 6.54. The number of carbonyl (C=O) groups excluding carboxylic acids is 3. The van der Waals surface area contributed by atoms with Gasteiger partial charge in [0.25, 0.3) is 11.8 Å². The first-order chi connectivity index (χ1) is 13.5. The van der Waals surface area contributed by atoms with Gasteiger partial charge in [0, 0.05) is 4.88 Å². The maximum atomic E-state index is 12.1. The van der Waals surface area contributed by atoms with Crippen LogP contribution >= 0.6 is 11.3 Å². The fraction of sp³-hybridized carbons (Fsp3) is 0.263. The molecule has 1 heterocycles. The highest BCUT2D eigenvalue weighted by Gasteiger charge is 2.26. The van der Waals surface area contributed by atoms with Crippen molar-refractivity contribution in [3.8, 4) is 0 Å². The van der Waals surface area contributed by atoms with Gasteiger partial charge in [0.1, 0.15) is 5.00 Å². The van der Waals surface area contributed by atoms with Gasteiger partial charge in [-0.2, -0.15) is 0 Å². The van der Waals surface area contributed by atoms with E-state index in [-0.39, 0.29) is 6.61 Å². The molecule has 0 unspecified atom stereocenters. The molecular formula is C19H19N3O5S. The van der Waals surface area contributed by atoms with Crippen molar-refractivity contribution in [3.63, 3.8) is 0 Å². The van der Waals surface area contributed by atoms with Crippen molar-refractivity contribution < 1.29 is 24.0 Å². The van der Waals surface area contributed by atoms with Crippen molar-refractivity contribution in [1.29, 1.82) is 0 Å². The van der Waals surface area contributed by atoms with Crippen molar-refractivity contribution in [2.24, 2.45) is 10.9 Å². The Morgan fingerprint density at radius 1 is 1.25 bits per heavy atom. The fourth-order valence-electron chi connectivity index (χ4n) is 2.93. The molecule has 0 bridgehead atoms. The molecule has 3 rings (SSSR count). The van der Waals surface area contributed by atoms with E-state index in [9.17, 15) is 14.4 Å². The number of oxime groups is 1. The molecule has 2 aromatic rings.